The van der Waals surface area contributed by atoms with Crippen LogP contribution in [0.3, 0.4) is 0 Å². The Morgan fingerprint density at radius 2 is 1.96 bits per heavy atom. The van der Waals surface area contributed by atoms with Crippen LogP contribution in [0.2, 0.25) is 0 Å². The van der Waals surface area contributed by atoms with E-state index >= 15 is 0 Å². The lowest BCUT2D eigenvalue weighted by atomic mass is 9.99. The first kappa shape index (κ1) is 19.5. The predicted molar refractivity (Wildman–Crippen MR) is 95.4 cm³/mol. The fourth-order valence-electron chi connectivity index (χ4n) is 2.39. The summed E-state index contributed by atoms with van der Waals surface area (Å²) < 4.78 is 10.4. The number of carbonyl (C=O) groups excluding carboxylic acids is 1. The standard InChI is InChI=1S/C19H24N2O5/c1-4-25-15-7-5-13(6-8-15)9-14(19(23)24)11-20-18(22)17-10-16(12(2)3)21-26-17/h5-8,10,12,14H,4,9,11H2,1-3H3,(H,20,22)(H,23,24). The summed E-state index contributed by atoms with van der Waals surface area (Å²) in [7, 11) is 0. The van der Waals surface area contributed by atoms with Crippen molar-refractivity contribution < 1.29 is 24.0 Å². The van der Waals surface area contributed by atoms with Gasteiger partial charge < -0.3 is 19.7 Å². The average Bonchev–Trinajstić information content (AvgIpc) is 3.10. The number of amides is 1. The average molecular weight is 360 g/mol. The Labute approximate surface area is 152 Å². The van der Waals surface area contributed by atoms with Gasteiger partial charge in [-0.25, -0.2) is 0 Å². The minimum atomic E-state index is -0.973. The molecule has 0 aliphatic carbocycles. The molecule has 0 aliphatic rings. The lowest BCUT2D eigenvalue weighted by Crippen LogP contribution is -2.34. The molecule has 1 unspecified atom stereocenters. The summed E-state index contributed by atoms with van der Waals surface area (Å²) in [6.45, 7) is 6.35. The fraction of sp³-hybridized carbons (Fsp3) is 0.421. The number of benzene rings is 1. The number of aliphatic carboxylic acids is 1. The highest BCUT2D eigenvalue weighted by Gasteiger charge is 2.21. The van der Waals surface area contributed by atoms with Crippen molar-refractivity contribution in [1.82, 2.24) is 10.5 Å². The molecule has 1 atom stereocenters. The van der Waals surface area contributed by atoms with Gasteiger partial charge in [0, 0.05) is 12.6 Å². The Morgan fingerprint density at radius 3 is 2.50 bits per heavy atom. The zero-order valence-electron chi connectivity index (χ0n) is 15.2. The summed E-state index contributed by atoms with van der Waals surface area (Å²) >= 11 is 0. The van der Waals surface area contributed by atoms with E-state index in [9.17, 15) is 14.7 Å². The highest BCUT2D eigenvalue weighted by molar-refractivity contribution is 5.91. The summed E-state index contributed by atoms with van der Waals surface area (Å²) in [5, 5.41) is 15.9. The van der Waals surface area contributed by atoms with Crippen LogP contribution in [0.5, 0.6) is 5.75 Å². The molecule has 7 heteroatoms. The largest absolute Gasteiger partial charge is 0.494 e. The minimum Gasteiger partial charge on any atom is -0.494 e. The second kappa shape index (κ2) is 9.03. The number of nitrogens with one attached hydrogen (secondary N) is 1. The second-order valence-corrected chi connectivity index (χ2v) is 6.30. The van der Waals surface area contributed by atoms with Crippen molar-refractivity contribution in [3.63, 3.8) is 0 Å². The van der Waals surface area contributed by atoms with Crippen LogP contribution < -0.4 is 10.1 Å². The summed E-state index contributed by atoms with van der Waals surface area (Å²) in [5.74, 6) is -1.22. The van der Waals surface area contributed by atoms with Gasteiger partial charge in [0.1, 0.15) is 5.75 Å². The van der Waals surface area contributed by atoms with Crippen molar-refractivity contribution in [1.29, 1.82) is 0 Å². The number of hydrogen-bond donors (Lipinski definition) is 2. The number of rotatable bonds is 9. The highest BCUT2D eigenvalue weighted by Crippen LogP contribution is 2.16. The lowest BCUT2D eigenvalue weighted by Gasteiger charge is -2.13. The van der Waals surface area contributed by atoms with Gasteiger partial charge in [-0.3, -0.25) is 9.59 Å². The molecule has 2 N–H and O–H groups in total. The molecule has 0 fully saturated rings. The van der Waals surface area contributed by atoms with E-state index in [1.165, 1.54) is 0 Å². The van der Waals surface area contributed by atoms with Crippen LogP contribution in [0.1, 0.15) is 48.5 Å². The van der Waals surface area contributed by atoms with E-state index in [2.05, 4.69) is 10.5 Å². The Hall–Kier alpha value is -2.83. The first-order valence-electron chi connectivity index (χ1n) is 8.60. The molecule has 1 amide bonds. The Kier molecular flexibility index (Phi) is 6.77. The lowest BCUT2D eigenvalue weighted by molar-refractivity contribution is -0.141. The molecule has 1 aromatic carbocycles. The Morgan fingerprint density at radius 1 is 1.27 bits per heavy atom. The van der Waals surface area contributed by atoms with Gasteiger partial charge in [-0.05, 0) is 37.0 Å². The van der Waals surface area contributed by atoms with Crippen molar-refractivity contribution in [2.45, 2.75) is 33.1 Å². The zero-order valence-corrected chi connectivity index (χ0v) is 15.2. The van der Waals surface area contributed by atoms with Crippen LogP contribution in [-0.2, 0) is 11.2 Å². The van der Waals surface area contributed by atoms with Crippen LogP contribution in [0.25, 0.3) is 0 Å². The van der Waals surface area contributed by atoms with Crippen LogP contribution in [-0.4, -0.2) is 35.3 Å². The van der Waals surface area contributed by atoms with Crippen molar-refractivity contribution in [3.8, 4) is 5.75 Å². The number of nitrogens with zero attached hydrogens (tertiary/aromatic N) is 1. The molecule has 7 nitrogen and oxygen atoms in total. The number of carbonyl (C=O) groups is 2. The third-order valence-electron chi connectivity index (χ3n) is 3.92. The smallest absolute Gasteiger partial charge is 0.308 e. The number of aromatic nitrogens is 1. The van der Waals surface area contributed by atoms with E-state index in [0.717, 1.165) is 11.3 Å². The molecule has 0 spiro atoms. The maximum Gasteiger partial charge on any atom is 0.308 e. The second-order valence-electron chi connectivity index (χ2n) is 6.30. The van der Waals surface area contributed by atoms with E-state index < -0.39 is 17.8 Å². The SMILES string of the molecule is CCOc1ccc(CC(CNC(=O)c2cc(C(C)C)no2)C(=O)O)cc1. The van der Waals surface area contributed by atoms with Gasteiger partial charge in [0.25, 0.3) is 5.91 Å². The Bertz CT molecular complexity index is 737. The van der Waals surface area contributed by atoms with E-state index in [0.29, 0.717) is 18.7 Å². The third kappa shape index (κ3) is 5.34. The molecule has 0 bridgehead atoms. The topological polar surface area (TPSA) is 102 Å². The first-order chi connectivity index (χ1) is 12.4. The molecule has 140 valence electrons. The highest BCUT2D eigenvalue weighted by atomic mass is 16.5. The molecular weight excluding hydrogens is 336 g/mol. The summed E-state index contributed by atoms with van der Waals surface area (Å²) in [5.41, 5.74) is 1.54. The van der Waals surface area contributed by atoms with Crippen molar-refractivity contribution >= 4 is 11.9 Å². The number of carboxylic acid groups (broad SMARTS) is 1. The summed E-state index contributed by atoms with van der Waals surface area (Å²) in [6, 6.07) is 8.83. The summed E-state index contributed by atoms with van der Waals surface area (Å²) in [4.78, 5) is 23.6. The van der Waals surface area contributed by atoms with Gasteiger partial charge in [0.05, 0.1) is 18.2 Å². The van der Waals surface area contributed by atoms with E-state index in [-0.39, 0.29) is 18.2 Å². The molecule has 2 aromatic rings. The quantitative estimate of drug-likeness (QED) is 0.713. The summed E-state index contributed by atoms with van der Waals surface area (Å²) in [6.07, 6.45) is 0.301. The van der Waals surface area contributed by atoms with Gasteiger partial charge in [0.15, 0.2) is 0 Å². The monoisotopic (exact) mass is 360 g/mol. The first-order valence-corrected chi connectivity index (χ1v) is 8.60. The normalized spacial score (nSPS) is 12.0. The molecule has 0 aliphatic heterocycles. The zero-order chi connectivity index (χ0) is 19.1. The van der Waals surface area contributed by atoms with Gasteiger partial charge in [-0.1, -0.05) is 31.1 Å². The van der Waals surface area contributed by atoms with Gasteiger partial charge in [-0.2, -0.15) is 0 Å². The maximum atomic E-state index is 12.1. The third-order valence-corrected chi connectivity index (χ3v) is 3.92. The molecule has 0 saturated heterocycles. The van der Waals surface area contributed by atoms with E-state index in [4.69, 9.17) is 9.26 Å². The van der Waals surface area contributed by atoms with Crippen molar-refractivity contribution in [3.05, 3.63) is 47.3 Å². The molecule has 26 heavy (non-hydrogen) atoms. The van der Waals surface area contributed by atoms with Gasteiger partial charge in [0.2, 0.25) is 5.76 Å². The van der Waals surface area contributed by atoms with Crippen LogP contribution in [0.15, 0.2) is 34.9 Å². The minimum absolute atomic E-state index is 0.000903. The number of ether oxygens (including phenoxy) is 1. The molecule has 0 radical (unpaired) electrons. The van der Waals surface area contributed by atoms with Gasteiger partial charge >= 0.3 is 5.97 Å². The van der Waals surface area contributed by atoms with Crippen LogP contribution in [0, 0.1) is 5.92 Å². The number of hydrogen-bond acceptors (Lipinski definition) is 5. The predicted octanol–water partition coefficient (Wildman–Crippen LogP) is 2.87. The van der Waals surface area contributed by atoms with E-state index in [1.54, 1.807) is 18.2 Å². The molecule has 1 heterocycles. The molecule has 1 aromatic heterocycles. The van der Waals surface area contributed by atoms with Crippen LogP contribution in [0.4, 0.5) is 0 Å². The molecule has 0 saturated carbocycles. The van der Waals surface area contributed by atoms with Crippen molar-refractivity contribution in [2.75, 3.05) is 13.2 Å². The van der Waals surface area contributed by atoms with Crippen LogP contribution >= 0.6 is 0 Å². The molecular formula is C19H24N2O5. The number of carboxylic acids is 1. The maximum absolute atomic E-state index is 12.1. The van der Waals surface area contributed by atoms with Crippen molar-refractivity contribution in [2.24, 2.45) is 5.92 Å². The fourth-order valence-corrected chi connectivity index (χ4v) is 2.39. The Balaban J connectivity index is 1.94. The van der Waals surface area contributed by atoms with E-state index in [1.807, 2.05) is 32.9 Å². The van der Waals surface area contributed by atoms with Gasteiger partial charge in [-0.15, -0.1) is 0 Å². The molecule has 2 rings (SSSR count).